The van der Waals surface area contributed by atoms with Gasteiger partial charge < -0.3 is 4.74 Å². The third kappa shape index (κ3) is 3.66. The third-order valence-corrected chi connectivity index (χ3v) is 6.23. The summed E-state index contributed by atoms with van der Waals surface area (Å²) >= 11 is 0. The van der Waals surface area contributed by atoms with Crippen LogP contribution in [0.3, 0.4) is 0 Å². The van der Waals surface area contributed by atoms with E-state index in [1.807, 2.05) is 25.1 Å². The SMILES string of the molecule is CCC(OC)c1ccnc(-n2cc(S(=O)(=O)Nc3cccc4cnn(C)c34)cn2)c1. The lowest BCUT2D eigenvalue weighted by atomic mass is 10.1. The van der Waals surface area contributed by atoms with Crippen LogP contribution in [0, 0.1) is 0 Å². The van der Waals surface area contributed by atoms with Gasteiger partial charge >= 0.3 is 0 Å². The Morgan fingerprint density at radius 3 is 2.80 bits per heavy atom. The van der Waals surface area contributed by atoms with E-state index >= 15 is 0 Å². The van der Waals surface area contributed by atoms with Gasteiger partial charge in [0, 0.05) is 25.7 Å². The molecule has 1 unspecified atom stereocenters. The van der Waals surface area contributed by atoms with Gasteiger partial charge in [0.2, 0.25) is 0 Å². The molecule has 10 heteroatoms. The lowest BCUT2D eigenvalue weighted by Crippen LogP contribution is -2.13. The summed E-state index contributed by atoms with van der Waals surface area (Å²) in [5, 5.41) is 9.22. The van der Waals surface area contributed by atoms with E-state index in [1.165, 1.54) is 17.1 Å². The van der Waals surface area contributed by atoms with Gasteiger partial charge in [0.1, 0.15) is 4.90 Å². The first kappa shape index (κ1) is 20.0. The predicted octanol–water partition coefficient (Wildman–Crippen LogP) is 3.05. The summed E-state index contributed by atoms with van der Waals surface area (Å²) < 4.78 is 37.1. The number of methoxy groups -OCH3 is 1. The summed E-state index contributed by atoms with van der Waals surface area (Å²) in [6, 6.07) is 9.07. The van der Waals surface area contributed by atoms with Crippen molar-refractivity contribution in [2.75, 3.05) is 11.8 Å². The van der Waals surface area contributed by atoms with E-state index in [9.17, 15) is 8.42 Å². The van der Waals surface area contributed by atoms with Crippen molar-refractivity contribution in [1.82, 2.24) is 24.5 Å². The molecule has 0 bridgehead atoms. The smallest absolute Gasteiger partial charge is 0.265 e. The van der Waals surface area contributed by atoms with Crippen LogP contribution in [0.4, 0.5) is 5.69 Å². The Morgan fingerprint density at radius 2 is 2.03 bits per heavy atom. The number of para-hydroxylation sites is 1. The number of ether oxygens (including phenoxy) is 1. The summed E-state index contributed by atoms with van der Waals surface area (Å²) in [5.41, 5.74) is 2.10. The summed E-state index contributed by atoms with van der Waals surface area (Å²) in [7, 11) is -0.431. The molecule has 0 aliphatic rings. The van der Waals surface area contributed by atoms with E-state index in [-0.39, 0.29) is 11.0 Å². The van der Waals surface area contributed by atoms with Crippen LogP contribution in [-0.4, -0.2) is 40.1 Å². The Bertz CT molecular complexity index is 1290. The fourth-order valence-electron chi connectivity index (χ4n) is 3.39. The van der Waals surface area contributed by atoms with Gasteiger partial charge in [-0.2, -0.15) is 10.2 Å². The number of rotatable bonds is 7. The minimum atomic E-state index is -3.85. The van der Waals surface area contributed by atoms with Crippen LogP contribution in [0.5, 0.6) is 0 Å². The fraction of sp³-hybridized carbons (Fsp3) is 0.250. The number of aromatic nitrogens is 5. The number of nitrogens with zero attached hydrogens (tertiary/aromatic N) is 5. The Kier molecular flexibility index (Phi) is 5.27. The van der Waals surface area contributed by atoms with Crippen LogP contribution in [0.1, 0.15) is 25.0 Å². The normalized spacial score (nSPS) is 12.9. The van der Waals surface area contributed by atoms with Crippen molar-refractivity contribution in [2.24, 2.45) is 7.05 Å². The zero-order chi connectivity index (χ0) is 21.3. The average molecular weight is 427 g/mol. The van der Waals surface area contributed by atoms with Crippen molar-refractivity contribution in [3.63, 3.8) is 0 Å². The van der Waals surface area contributed by atoms with Crippen molar-refractivity contribution in [2.45, 2.75) is 24.3 Å². The van der Waals surface area contributed by atoms with E-state index in [2.05, 4.69) is 19.9 Å². The molecule has 4 aromatic rings. The second-order valence-corrected chi connectivity index (χ2v) is 8.50. The van der Waals surface area contributed by atoms with Crippen LogP contribution in [0.25, 0.3) is 16.7 Å². The van der Waals surface area contributed by atoms with E-state index in [4.69, 9.17) is 4.74 Å². The predicted molar refractivity (Wildman–Crippen MR) is 113 cm³/mol. The van der Waals surface area contributed by atoms with Gasteiger partial charge in [0.25, 0.3) is 10.0 Å². The maximum Gasteiger partial charge on any atom is 0.265 e. The first-order valence-corrected chi connectivity index (χ1v) is 10.9. The molecule has 3 aromatic heterocycles. The molecule has 1 atom stereocenters. The molecule has 30 heavy (non-hydrogen) atoms. The van der Waals surface area contributed by atoms with Gasteiger partial charge in [0.15, 0.2) is 5.82 Å². The molecule has 0 spiro atoms. The molecule has 0 fully saturated rings. The number of benzene rings is 1. The molecular formula is C20H22N6O3S. The van der Waals surface area contributed by atoms with Gasteiger partial charge in [-0.1, -0.05) is 19.1 Å². The first-order chi connectivity index (χ1) is 14.4. The van der Waals surface area contributed by atoms with E-state index < -0.39 is 10.0 Å². The van der Waals surface area contributed by atoms with Crippen LogP contribution < -0.4 is 4.72 Å². The molecule has 156 valence electrons. The Balaban J connectivity index is 1.65. The quantitative estimate of drug-likeness (QED) is 0.487. The zero-order valence-corrected chi connectivity index (χ0v) is 17.7. The third-order valence-electron chi connectivity index (χ3n) is 4.91. The molecular weight excluding hydrogens is 404 g/mol. The number of pyridine rings is 1. The molecule has 0 aliphatic carbocycles. The molecule has 0 aliphatic heterocycles. The Hall–Kier alpha value is -3.24. The van der Waals surface area contributed by atoms with Gasteiger partial charge in [-0.3, -0.25) is 9.40 Å². The van der Waals surface area contributed by atoms with Crippen molar-refractivity contribution in [3.8, 4) is 5.82 Å². The van der Waals surface area contributed by atoms with Gasteiger partial charge in [-0.05, 0) is 30.2 Å². The number of hydrogen-bond donors (Lipinski definition) is 1. The number of hydrogen-bond acceptors (Lipinski definition) is 6. The Labute approximate surface area is 174 Å². The standard InChI is InChI=1S/C20H22N6O3S/c1-4-18(29-3)14-8-9-21-19(10-14)26-13-16(12-23-26)30(27,28)24-17-7-5-6-15-11-22-25(2)20(15)17/h5-13,18,24H,4H2,1-3H3. The van der Waals surface area contributed by atoms with Gasteiger partial charge in [-0.25, -0.2) is 18.1 Å². The second kappa shape index (κ2) is 7.88. The lowest BCUT2D eigenvalue weighted by molar-refractivity contribution is 0.0999. The summed E-state index contributed by atoms with van der Waals surface area (Å²) in [6.45, 7) is 2.03. The minimum absolute atomic E-state index is 0.0349. The molecule has 1 aromatic carbocycles. The number of fused-ring (bicyclic) bond motifs is 1. The highest BCUT2D eigenvalue weighted by Crippen LogP contribution is 2.26. The molecule has 4 rings (SSSR count). The van der Waals surface area contributed by atoms with Gasteiger partial charge in [0.05, 0.1) is 35.9 Å². The monoisotopic (exact) mass is 426 g/mol. The molecule has 0 saturated carbocycles. The highest BCUT2D eigenvalue weighted by Gasteiger charge is 2.20. The largest absolute Gasteiger partial charge is 0.377 e. The van der Waals surface area contributed by atoms with E-state index in [0.29, 0.717) is 17.0 Å². The molecule has 3 heterocycles. The second-order valence-electron chi connectivity index (χ2n) is 6.82. The average Bonchev–Trinajstić information content (AvgIpc) is 3.38. The molecule has 0 radical (unpaired) electrons. The summed E-state index contributed by atoms with van der Waals surface area (Å²) in [4.78, 5) is 4.34. The lowest BCUT2D eigenvalue weighted by Gasteiger charge is -2.13. The number of nitrogens with one attached hydrogen (secondary N) is 1. The highest BCUT2D eigenvalue weighted by molar-refractivity contribution is 7.92. The molecule has 1 N–H and O–H groups in total. The zero-order valence-electron chi connectivity index (χ0n) is 16.8. The van der Waals surface area contributed by atoms with Crippen LogP contribution in [-0.2, 0) is 21.8 Å². The van der Waals surface area contributed by atoms with Crippen molar-refractivity contribution in [3.05, 3.63) is 60.7 Å². The fourth-order valence-corrected chi connectivity index (χ4v) is 4.38. The first-order valence-electron chi connectivity index (χ1n) is 9.40. The summed E-state index contributed by atoms with van der Waals surface area (Å²) in [6.07, 6.45) is 6.82. The number of aryl methyl sites for hydroxylation is 1. The van der Waals surface area contributed by atoms with E-state index in [0.717, 1.165) is 17.4 Å². The van der Waals surface area contributed by atoms with Gasteiger partial charge in [-0.15, -0.1) is 0 Å². The van der Waals surface area contributed by atoms with Crippen LogP contribution >= 0.6 is 0 Å². The highest BCUT2D eigenvalue weighted by atomic mass is 32.2. The van der Waals surface area contributed by atoms with E-state index in [1.54, 1.807) is 43.4 Å². The maximum atomic E-state index is 13.0. The molecule has 9 nitrogen and oxygen atoms in total. The van der Waals surface area contributed by atoms with Crippen molar-refractivity contribution >= 4 is 26.6 Å². The van der Waals surface area contributed by atoms with Crippen molar-refractivity contribution in [1.29, 1.82) is 0 Å². The number of anilines is 1. The minimum Gasteiger partial charge on any atom is -0.377 e. The maximum absolute atomic E-state index is 13.0. The molecule has 0 saturated heterocycles. The Morgan fingerprint density at radius 1 is 1.20 bits per heavy atom. The summed E-state index contributed by atoms with van der Waals surface area (Å²) in [5.74, 6) is 0.512. The molecule has 0 amide bonds. The number of sulfonamides is 1. The van der Waals surface area contributed by atoms with Crippen LogP contribution in [0.2, 0.25) is 0 Å². The van der Waals surface area contributed by atoms with Crippen LogP contribution in [0.15, 0.2) is 60.0 Å². The topological polar surface area (TPSA) is 104 Å². The van der Waals surface area contributed by atoms with Crippen molar-refractivity contribution < 1.29 is 13.2 Å².